The normalized spacial score (nSPS) is 11.3. The Morgan fingerprint density at radius 2 is 1.79 bits per heavy atom. The van der Waals surface area contributed by atoms with Gasteiger partial charge in [0.2, 0.25) is 5.91 Å². The molecule has 3 rings (SSSR count). The highest BCUT2D eigenvalue weighted by Crippen LogP contribution is 2.28. The molecule has 0 bridgehead atoms. The van der Waals surface area contributed by atoms with E-state index >= 15 is 0 Å². The number of ether oxygens (including phenoxy) is 1. The van der Waals surface area contributed by atoms with Crippen LogP contribution in [0.5, 0.6) is 5.75 Å². The van der Waals surface area contributed by atoms with Crippen molar-refractivity contribution in [2.45, 2.75) is 31.5 Å². The number of imidazole rings is 1. The number of imide groups is 1. The monoisotopic (exact) mass is 412 g/mol. The maximum absolute atomic E-state index is 12.2. The zero-order valence-electron chi connectivity index (χ0n) is 16.9. The fourth-order valence-electron chi connectivity index (χ4n) is 2.75. The number of rotatable bonds is 5. The summed E-state index contributed by atoms with van der Waals surface area (Å²) in [6, 6.07) is 14.9. The van der Waals surface area contributed by atoms with Crippen LogP contribution in [0.3, 0.4) is 0 Å². The number of fused-ring (bicyclic) bond motifs is 1. The first-order valence-electron chi connectivity index (χ1n) is 9.13. The number of hydrogen-bond acceptors (Lipinski definition) is 5. The number of urea groups is 1. The molecule has 3 aromatic rings. The number of carbonyl (C=O) groups excluding carboxylic acids is 2. The summed E-state index contributed by atoms with van der Waals surface area (Å²) in [5, 5.41) is 5.73. The number of aromatic nitrogens is 2. The Hall–Kier alpha value is -3.00. The lowest BCUT2D eigenvalue weighted by atomic mass is 10.1. The van der Waals surface area contributed by atoms with Gasteiger partial charge in [-0.25, -0.2) is 9.78 Å². The lowest BCUT2D eigenvalue weighted by molar-refractivity contribution is -0.117. The van der Waals surface area contributed by atoms with Gasteiger partial charge in [-0.05, 0) is 57.2 Å². The molecule has 0 spiro atoms. The highest BCUT2D eigenvalue weighted by molar-refractivity contribution is 7.99. The quantitative estimate of drug-likeness (QED) is 0.624. The molecule has 0 aliphatic carbocycles. The molecule has 0 aliphatic heterocycles. The topological polar surface area (TPSA) is 85.2 Å². The SMILES string of the molecule is COc1ccc(-n2c(SCC(=O)NC(=O)NC(C)(C)C)nc3ccccc32)cc1. The van der Waals surface area contributed by atoms with Crippen LogP contribution in [0, 0.1) is 0 Å². The van der Waals surface area contributed by atoms with Gasteiger partial charge in [0.15, 0.2) is 5.16 Å². The van der Waals surface area contributed by atoms with Crippen molar-refractivity contribution in [3.8, 4) is 11.4 Å². The number of amides is 3. The van der Waals surface area contributed by atoms with Crippen LogP contribution in [-0.2, 0) is 4.79 Å². The van der Waals surface area contributed by atoms with Crippen molar-refractivity contribution < 1.29 is 14.3 Å². The van der Waals surface area contributed by atoms with Gasteiger partial charge in [0.25, 0.3) is 0 Å². The highest BCUT2D eigenvalue weighted by atomic mass is 32.2. The molecule has 0 saturated heterocycles. The van der Waals surface area contributed by atoms with E-state index in [1.807, 2.05) is 73.9 Å². The van der Waals surface area contributed by atoms with Gasteiger partial charge in [0.05, 0.1) is 23.9 Å². The van der Waals surface area contributed by atoms with Gasteiger partial charge in [-0.1, -0.05) is 23.9 Å². The number of methoxy groups -OCH3 is 1. The Morgan fingerprint density at radius 1 is 1.10 bits per heavy atom. The maximum atomic E-state index is 12.2. The Kier molecular flexibility index (Phi) is 6.12. The molecule has 29 heavy (non-hydrogen) atoms. The van der Waals surface area contributed by atoms with Gasteiger partial charge in [0.1, 0.15) is 5.75 Å². The lowest BCUT2D eigenvalue weighted by Crippen LogP contribution is -2.48. The molecule has 0 radical (unpaired) electrons. The Bertz CT molecular complexity index is 1020. The maximum Gasteiger partial charge on any atom is 0.321 e. The van der Waals surface area contributed by atoms with Crippen LogP contribution < -0.4 is 15.4 Å². The van der Waals surface area contributed by atoms with Gasteiger partial charge >= 0.3 is 6.03 Å². The standard InChI is InChI=1S/C21H24N4O3S/c1-21(2,3)24-19(27)23-18(26)13-29-20-22-16-7-5-6-8-17(16)25(20)14-9-11-15(28-4)12-10-14/h5-12H,13H2,1-4H3,(H2,23,24,26,27). The second-order valence-corrected chi connectivity index (χ2v) is 8.40. The van der Waals surface area contributed by atoms with Crippen LogP contribution in [0.25, 0.3) is 16.7 Å². The van der Waals surface area contributed by atoms with Crippen molar-refractivity contribution in [3.05, 3.63) is 48.5 Å². The molecule has 0 saturated carbocycles. The van der Waals surface area contributed by atoms with Crippen LogP contribution in [0.4, 0.5) is 4.79 Å². The number of nitrogens with one attached hydrogen (secondary N) is 2. The molecule has 152 valence electrons. The minimum atomic E-state index is -0.508. The van der Waals surface area contributed by atoms with Crippen LogP contribution in [0.15, 0.2) is 53.7 Å². The predicted octanol–water partition coefficient (Wildman–Crippen LogP) is 3.75. The molecule has 0 atom stereocenters. The lowest BCUT2D eigenvalue weighted by Gasteiger charge is -2.20. The largest absolute Gasteiger partial charge is 0.497 e. The van der Waals surface area contributed by atoms with Crippen molar-refractivity contribution >= 4 is 34.7 Å². The summed E-state index contributed by atoms with van der Waals surface area (Å²) < 4.78 is 7.22. The van der Waals surface area contributed by atoms with Crippen molar-refractivity contribution in [2.75, 3.05) is 12.9 Å². The minimum Gasteiger partial charge on any atom is -0.497 e. The first kappa shape index (κ1) is 20.7. The average molecular weight is 413 g/mol. The molecular weight excluding hydrogens is 388 g/mol. The Balaban J connectivity index is 1.80. The molecule has 2 aromatic carbocycles. The third kappa shape index (κ3) is 5.29. The van der Waals surface area contributed by atoms with E-state index in [0.29, 0.717) is 5.16 Å². The van der Waals surface area contributed by atoms with Crippen molar-refractivity contribution in [1.29, 1.82) is 0 Å². The first-order chi connectivity index (χ1) is 13.8. The predicted molar refractivity (Wildman–Crippen MR) is 115 cm³/mol. The molecule has 0 aliphatic rings. The molecule has 1 aromatic heterocycles. The van der Waals surface area contributed by atoms with Crippen molar-refractivity contribution in [1.82, 2.24) is 20.2 Å². The summed E-state index contributed by atoms with van der Waals surface area (Å²) in [5.74, 6) is 0.443. The van der Waals surface area contributed by atoms with Crippen LogP contribution in [0.1, 0.15) is 20.8 Å². The van der Waals surface area contributed by atoms with E-state index in [1.54, 1.807) is 7.11 Å². The summed E-state index contributed by atoms with van der Waals surface area (Å²) in [6.45, 7) is 5.55. The minimum absolute atomic E-state index is 0.0665. The number of nitrogens with zero attached hydrogens (tertiary/aromatic N) is 2. The summed E-state index contributed by atoms with van der Waals surface area (Å²) in [5.41, 5.74) is 2.26. The smallest absolute Gasteiger partial charge is 0.321 e. The van der Waals surface area contributed by atoms with Gasteiger partial charge in [-0.15, -0.1) is 0 Å². The molecule has 0 fully saturated rings. The van der Waals surface area contributed by atoms with Crippen LogP contribution >= 0.6 is 11.8 Å². The van der Waals surface area contributed by atoms with E-state index in [-0.39, 0.29) is 11.7 Å². The van der Waals surface area contributed by atoms with E-state index in [1.165, 1.54) is 11.8 Å². The number of benzene rings is 2. The molecule has 3 amide bonds. The molecule has 8 heteroatoms. The zero-order valence-corrected chi connectivity index (χ0v) is 17.7. The number of hydrogen-bond donors (Lipinski definition) is 2. The highest BCUT2D eigenvalue weighted by Gasteiger charge is 2.18. The van der Waals surface area contributed by atoms with Gasteiger partial charge in [0, 0.05) is 11.2 Å². The zero-order chi connectivity index (χ0) is 21.0. The third-order valence-electron chi connectivity index (χ3n) is 3.93. The third-order valence-corrected chi connectivity index (χ3v) is 4.87. The second kappa shape index (κ2) is 8.57. The van der Waals surface area contributed by atoms with E-state index in [9.17, 15) is 9.59 Å². The van der Waals surface area contributed by atoms with Crippen LogP contribution in [-0.4, -0.2) is 39.9 Å². The number of thioether (sulfide) groups is 1. The Morgan fingerprint density at radius 3 is 2.45 bits per heavy atom. The van der Waals surface area contributed by atoms with E-state index in [2.05, 4.69) is 15.6 Å². The number of carbonyl (C=O) groups is 2. The molecule has 0 unspecified atom stereocenters. The van der Waals surface area contributed by atoms with Crippen molar-refractivity contribution in [2.24, 2.45) is 0 Å². The van der Waals surface area contributed by atoms with Crippen LogP contribution in [0.2, 0.25) is 0 Å². The molecule has 1 heterocycles. The molecular formula is C21H24N4O3S. The van der Waals surface area contributed by atoms with Crippen molar-refractivity contribution in [3.63, 3.8) is 0 Å². The average Bonchev–Trinajstić information content (AvgIpc) is 3.03. The summed E-state index contributed by atoms with van der Waals surface area (Å²) in [4.78, 5) is 28.8. The fourth-order valence-corrected chi connectivity index (χ4v) is 3.57. The number of para-hydroxylation sites is 2. The summed E-state index contributed by atoms with van der Waals surface area (Å²) in [7, 11) is 1.62. The molecule has 7 nitrogen and oxygen atoms in total. The fraction of sp³-hybridized carbons (Fsp3) is 0.286. The summed E-state index contributed by atoms with van der Waals surface area (Å²) in [6.07, 6.45) is 0. The summed E-state index contributed by atoms with van der Waals surface area (Å²) >= 11 is 1.27. The first-order valence-corrected chi connectivity index (χ1v) is 10.1. The Labute approximate surface area is 173 Å². The molecule has 2 N–H and O–H groups in total. The van der Waals surface area contributed by atoms with Gasteiger partial charge < -0.3 is 10.1 Å². The second-order valence-electron chi connectivity index (χ2n) is 7.46. The van der Waals surface area contributed by atoms with E-state index in [4.69, 9.17) is 4.74 Å². The van der Waals surface area contributed by atoms with Gasteiger partial charge in [-0.3, -0.25) is 14.7 Å². The van der Waals surface area contributed by atoms with Gasteiger partial charge in [-0.2, -0.15) is 0 Å². The van der Waals surface area contributed by atoms with E-state index in [0.717, 1.165) is 22.5 Å². The van der Waals surface area contributed by atoms with E-state index < -0.39 is 11.6 Å².